The van der Waals surface area contributed by atoms with Gasteiger partial charge in [0.15, 0.2) is 0 Å². The molecule has 22 heavy (non-hydrogen) atoms. The molecule has 0 saturated carbocycles. The standard InChI is InChI=1S/C16H23N3O2.ClH/c1-10(2)15(17)16(21)18-9-14(20)19-13-8-7-11-5-3-4-6-12(11)13;/h3-6,10,13,15H,7-9,17H2,1-2H3,(H,18,21)(H,19,20);1H/t13?,15-;/m0./s1. The minimum absolute atomic E-state index is 0. The van der Waals surface area contributed by atoms with Crippen molar-refractivity contribution in [3.63, 3.8) is 0 Å². The maximum Gasteiger partial charge on any atom is 0.239 e. The smallest absolute Gasteiger partial charge is 0.239 e. The first-order valence-corrected chi connectivity index (χ1v) is 7.39. The molecule has 1 aromatic rings. The Morgan fingerprint density at radius 2 is 2.00 bits per heavy atom. The van der Waals surface area contributed by atoms with Crippen LogP contribution in [-0.2, 0) is 16.0 Å². The normalized spacial score (nSPS) is 17.4. The highest BCUT2D eigenvalue weighted by Crippen LogP contribution is 2.30. The molecule has 0 radical (unpaired) electrons. The minimum atomic E-state index is -0.579. The van der Waals surface area contributed by atoms with E-state index in [0.717, 1.165) is 12.8 Å². The zero-order valence-corrected chi connectivity index (χ0v) is 13.8. The summed E-state index contributed by atoms with van der Waals surface area (Å²) in [5.41, 5.74) is 8.19. The fourth-order valence-electron chi connectivity index (χ4n) is 2.54. The van der Waals surface area contributed by atoms with Crippen LogP contribution in [-0.4, -0.2) is 24.4 Å². The Balaban J connectivity index is 0.00000242. The van der Waals surface area contributed by atoms with Gasteiger partial charge in [-0.25, -0.2) is 0 Å². The third-order valence-electron chi connectivity index (χ3n) is 3.91. The van der Waals surface area contributed by atoms with Gasteiger partial charge in [-0.15, -0.1) is 12.4 Å². The zero-order valence-electron chi connectivity index (χ0n) is 13.0. The van der Waals surface area contributed by atoms with Gasteiger partial charge in [0.2, 0.25) is 11.8 Å². The maximum absolute atomic E-state index is 11.9. The molecule has 1 unspecified atom stereocenters. The lowest BCUT2D eigenvalue weighted by Gasteiger charge is -2.17. The molecule has 4 N–H and O–H groups in total. The van der Waals surface area contributed by atoms with Gasteiger partial charge >= 0.3 is 0 Å². The van der Waals surface area contributed by atoms with Crippen molar-refractivity contribution < 1.29 is 9.59 Å². The van der Waals surface area contributed by atoms with Crippen molar-refractivity contribution in [1.82, 2.24) is 10.6 Å². The second-order valence-corrected chi connectivity index (χ2v) is 5.85. The van der Waals surface area contributed by atoms with E-state index in [9.17, 15) is 9.59 Å². The van der Waals surface area contributed by atoms with Gasteiger partial charge in [0.1, 0.15) is 0 Å². The van der Waals surface area contributed by atoms with Crippen LogP contribution in [0.2, 0.25) is 0 Å². The molecule has 1 aliphatic rings. The number of rotatable bonds is 5. The van der Waals surface area contributed by atoms with Gasteiger partial charge in [0.05, 0.1) is 18.6 Å². The SMILES string of the molecule is CC(C)[C@H](N)C(=O)NCC(=O)NC1CCc2ccccc21.Cl. The lowest BCUT2D eigenvalue weighted by atomic mass is 10.1. The first-order chi connectivity index (χ1) is 9.99. The Bertz CT molecular complexity index is 534. The van der Waals surface area contributed by atoms with Crippen LogP contribution in [0.4, 0.5) is 0 Å². The molecule has 6 heteroatoms. The van der Waals surface area contributed by atoms with Crippen molar-refractivity contribution in [2.75, 3.05) is 6.54 Å². The minimum Gasteiger partial charge on any atom is -0.348 e. The van der Waals surface area contributed by atoms with Crippen molar-refractivity contribution >= 4 is 24.2 Å². The number of fused-ring (bicyclic) bond motifs is 1. The maximum atomic E-state index is 11.9. The van der Waals surface area contributed by atoms with Crippen LogP contribution in [0.3, 0.4) is 0 Å². The van der Waals surface area contributed by atoms with E-state index >= 15 is 0 Å². The van der Waals surface area contributed by atoms with E-state index in [1.54, 1.807) is 0 Å². The third-order valence-corrected chi connectivity index (χ3v) is 3.91. The number of benzene rings is 1. The van der Waals surface area contributed by atoms with E-state index in [2.05, 4.69) is 16.7 Å². The molecule has 0 fully saturated rings. The summed E-state index contributed by atoms with van der Waals surface area (Å²) in [6.07, 6.45) is 1.89. The molecule has 122 valence electrons. The summed E-state index contributed by atoms with van der Waals surface area (Å²) < 4.78 is 0. The summed E-state index contributed by atoms with van der Waals surface area (Å²) in [5.74, 6) is -0.414. The second kappa shape index (κ2) is 8.15. The molecule has 0 aliphatic heterocycles. The molecule has 5 nitrogen and oxygen atoms in total. The number of amides is 2. The van der Waals surface area contributed by atoms with Crippen LogP contribution in [0, 0.1) is 5.92 Å². The van der Waals surface area contributed by atoms with Crippen molar-refractivity contribution in [3.05, 3.63) is 35.4 Å². The number of carbonyl (C=O) groups excluding carboxylic acids is 2. The van der Waals surface area contributed by atoms with Gasteiger partial charge in [-0.1, -0.05) is 38.1 Å². The highest BCUT2D eigenvalue weighted by Gasteiger charge is 2.24. The van der Waals surface area contributed by atoms with E-state index < -0.39 is 6.04 Å². The van der Waals surface area contributed by atoms with Gasteiger partial charge in [-0.3, -0.25) is 9.59 Å². The van der Waals surface area contributed by atoms with Crippen molar-refractivity contribution in [2.45, 2.75) is 38.8 Å². The van der Waals surface area contributed by atoms with Crippen molar-refractivity contribution in [3.8, 4) is 0 Å². The second-order valence-electron chi connectivity index (χ2n) is 5.85. The zero-order chi connectivity index (χ0) is 15.4. The van der Waals surface area contributed by atoms with E-state index in [1.165, 1.54) is 11.1 Å². The molecule has 0 spiro atoms. The number of hydrogen-bond acceptors (Lipinski definition) is 3. The van der Waals surface area contributed by atoms with E-state index in [4.69, 9.17) is 5.73 Å². The number of aryl methyl sites for hydroxylation is 1. The van der Waals surface area contributed by atoms with Gasteiger partial charge in [-0.2, -0.15) is 0 Å². The quantitative estimate of drug-likeness (QED) is 0.763. The van der Waals surface area contributed by atoms with E-state index in [1.807, 2.05) is 32.0 Å². The Kier molecular flexibility index (Phi) is 6.84. The van der Waals surface area contributed by atoms with Gasteiger partial charge < -0.3 is 16.4 Å². The molecule has 1 aromatic carbocycles. The van der Waals surface area contributed by atoms with Crippen molar-refractivity contribution in [1.29, 1.82) is 0 Å². The number of hydrogen-bond donors (Lipinski definition) is 3. The summed E-state index contributed by atoms with van der Waals surface area (Å²) in [4.78, 5) is 23.6. The molecular weight excluding hydrogens is 302 g/mol. The molecule has 1 aliphatic carbocycles. The Hall–Kier alpha value is -1.59. The monoisotopic (exact) mass is 325 g/mol. The predicted octanol–water partition coefficient (Wildman–Crippen LogP) is 1.31. The molecule has 2 rings (SSSR count). The molecule has 2 amide bonds. The lowest BCUT2D eigenvalue weighted by molar-refractivity contribution is -0.127. The van der Waals surface area contributed by atoms with Gasteiger partial charge in [0, 0.05) is 0 Å². The summed E-state index contributed by atoms with van der Waals surface area (Å²) in [6, 6.07) is 7.59. The average Bonchev–Trinajstić information content (AvgIpc) is 2.87. The fourth-order valence-corrected chi connectivity index (χ4v) is 2.54. The Labute approximate surface area is 137 Å². The number of carbonyl (C=O) groups is 2. The van der Waals surface area contributed by atoms with Crippen LogP contribution in [0.5, 0.6) is 0 Å². The third kappa shape index (κ3) is 4.45. The molecule has 0 heterocycles. The first-order valence-electron chi connectivity index (χ1n) is 7.39. The van der Waals surface area contributed by atoms with Crippen LogP contribution in [0.1, 0.15) is 37.4 Å². The van der Waals surface area contributed by atoms with Crippen LogP contribution >= 0.6 is 12.4 Å². The predicted molar refractivity (Wildman–Crippen MR) is 88.7 cm³/mol. The molecular formula is C16H24ClN3O2. The summed E-state index contributed by atoms with van der Waals surface area (Å²) in [5, 5.41) is 5.55. The number of halogens is 1. The van der Waals surface area contributed by atoms with Crippen molar-refractivity contribution in [2.24, 2.45) is 11.7 Å². The first kappa shape index (κ1) is 18.5. The lowest BCUT2D eigenvalue weighted by Crippen LogP contribution is -2.47. The Morgan fingerprint density at radius 3 is 2.68 bits per heavy atom. The van der Waals surface area contributed by atoms with E-state index in [-0.39, 0.29) is 42.7 Å². The van der Waals surface area contributed by atoms with Crippen LogP contribution in [0.25, 0.3) is 0 Å². The average molecular weight is 326 g/mol. The largest absolute Gasteiger partial charge is 0.348 e. The highest BCUT2D eigenvalue weighted by molar-refractivity contribution is 5.87. The highest BCUT2D eigenvalue weighted by atomic mass is 35.5. The summed E-state index contributed by atoms with van der Waals surface area (Å²) >= 11 is 0. The summed E-state index contributed by atoms with van der Waals surface area (Å²) in [7, 11) is 0. The molecule has 0 bridgehead atoms. The van der Waals surface area contributed by atoms with Gasteiger partial charge in [0.25, 0.3) is 0 Å². The number of nitrogens with one attached hydrogen (secondary N) is 2. The Morgan fingerprint density at radius 1 is 1.32 bits per heavy atom. The van der Waals surface area contributed by atoms with Gasteiger partial charge in [-0.05, 0) is 29.9 Å². The van der Waals surface area contributed by atoms with Crippen LogP contribution < -0.4 is 16.4 Å². The molecule has 0 aromatic heterocycles. The molecule has 2 atom stereocenters. The number of nitrogens with two attached hydrogens (primary N) is 1. The summed E-state index contributed by atoms with van der Waals surface area (Å²) in [6.45, 7) is 3.72. The molecule has 0 saturated heterocycles. The van der Waals surface area contributed by atoms with E-state index in [0.29, 0.717) is 0 Å². The topological polar surface area (TPSA) is 84.2 Å². The fraction of sp³-hybridized carbons (Fsp3) is 0.500. The van der Waals surface area contributed by atoms with Crippen LogP contribution in [0.15, 0.2) is 24.3 Å².